The molecule has 3 aromatic rings. The Hall–Kier alpha value is -3.26. The van der Waals surface area contributed by atoms with E-state index in [2.05, 4.69) is 16.0 Å². The van der Waals surface area contributed by atoms with E-state index in [9.17, 15) is 5.26 Å². The van der Waals surface area contributed by atoms with Crippen LogP contribution in [0, 0.1) is 18.3 Å². The quantitative estimate of drug-likeness (QED) is 0.739. The van der Waals surface area contributed by atoms with E-state index in [1.807, 2.05) is 37.3 Å². The van der Waals surface area contributed by atoms with Gasteiger partial charge < -0.3 is 14.5 Å². The fourth-order valence-electron chi connectivity index (χ4n) is 2.50. The minimum atomic E-state index is 0.437. The van der Waals surface area contributed by atoms with Crippen molar-refractivity contribution in [1.82, 2.24) is 9.97 Å². The number of nitriles is 1. The maximum atomic E-state index is 9.54. The molecule has 2 aromatic carbocycles. The second kappa shape index (κ2) is 6.47. The molecule has 0 bridgehead atoms. The number of rotatable bonds is 4. The molecule has 1 N–H and O–H groups in total. The van der Waals surface area contributed by atoms with Crippen molar-refractivity contribution in [3.8, 4) is 17.6 Å². The number of methoxy groups -OCH3 is 2. The number of hydrogen-bond donors (Lipinski definition) is 1. The third-order valence-electron chi connectivity index (χ3n) is 3.75. The summed E-state index contributed by atoms with van der Waals surface area (Å²) in [7, 11) is 3.18. The molecule has 0 unspecified atom stereocenters. The summed E-state index contributed by atoms with van der Waals surface area (Å²) in [6.07, 6.45) is 1.75. The highest BCUT2D eigenvalue weighted by Gasteiger charge is 2.10. The molecule has 3 rings (SSSR count). The molecule has 0 atom stereocenters. The van der Waals surface area contributed by atoms with Gasteiger partial charge in [-0.3, -0.25) is 0 Å². The van der Waals surface area contributed by atoms with Crippen LogP contribution < -0.4 is 9.47 Å². The number of ether oxygens (including phenoxy) is 2. The van der Waals surface area contributed by atoms with Crippen LogP contribution in [0.4, 0.5) is 0 Å². The number of benzene rings is 2. The van der Waals surface area contributed by atoms with Gasteiger partial charge in [-0.25, -0.2) is 4.98 Å². The predicted octanol–water partition coefficient (Wildman–Crippen LogP) is 3.95. The zero-order valence-electron chi connectivity index (χ0n) is 13.8. The van der Waals surface area contributed by atoms with Gasteiger partial charge in [-0.2, -0.15) is 5.26 Å². The van der Waals surface area contributed by atoms with Crippen LogP contribution in [0.15, 0.2) is 36.4 Å². The fraction of sp³-hybridized carbons (Fsp3) is 0.158. The van der Waals surface area contributed by atoms with Crippen LogP contribution in [0.5, 0.6) is 11.5 Å². The molecule has 1 aromatic heterocycles. The minimum absolute atomic E-state index is 0.437. The number of aromatic nitrogens is 2. The number of aryl methyl sites for hydroxylation is 1. The van der Waals surface area contributed by atoms with E-state index in [0.29, 0.717) is 22.9 Å². The van der Waals surface area contributed by atoms with E-state index in [-0.39, 0.29) is 0 Å². The summed E-state index contributed by atoms with van der Waals surface area (Å²) in [6.45, 7) is 2.02. The van der Waals surface area contributed by atoms with Gasteiger partial charge in [0, 0.05) is 11.6 Å². The highest BCUT2D eigenvalue weighted by Crippen LogP contribution is 2.28. The first-order chi connectivity index (χ1) is 11.6. The van der Waals surface area contributed by atoms with Crippen molar-refractivity contribution in [3.05, 3.63) is 53.3 Å². The molecule has 0 saturated carbocycles. The van der Waals surface area contributed by atoms with Gasteiger partial charge in [-0.15, -0.1) is 0 Å². The summed E-state index contributed by atoms with van der Waals surface area (Å²) in [5.74, 6) is 1.87. The van der Waals surface area contributed by atoms with Crippen LogP contribution in [0.1, 0.15) is 17.0 Å². The number of nitrogens with zero attached hydrogens (tertiary/aromatic N) is 2. The molecular formula is C19H17N3O2. The van der Waals surface area contributed by atoms with Gasteiger partial charge in [-0.1, -0.05) is 6.07 Å². The van der Waals surface area contributed by atoms with E-state index < -0.39 is 0 Å². The van der Waals surface area contributed by atoms with E-state index in [4.69, 9.17) is 9.47 Å². The Bertz CT molecular complexity index is 964. The van der Waals surface area contributed by atoms with Crippen molar-refractivity contribution in [2.75, 3.05) is 14.2 Å². The first-order valence-corrected chi connectivity index (χ1v) is 7.45. The lowest BCUT2D eigenvalue weighted by Crippen LogP contribution is -1.91. The number of H-pyrrole nitrogens is 1. The first kappa shape index (κ1) is 15.6. The highest BCUT2D eigenvalue weighted by molar-refractivity contribution is 5.91. The van der Waals surface area contributed by atoms with Crippen LogP contribution in [-0.4, -0.2) is 24.2 Å². The molecule has 0 amide bonds. The Morgan fingerprint density at radius 3 is 2.71 bits per heavy atom. The lowest BCUT2D eigenvalue weighted by Gasteiger charge is -2.07. The maximum absolute atomic E-state index is 9.54. The second-order valence-electron chi connectivity index (χ2n) is 5.38. The van der Waals surface area contributed by atoms with E-state index in [1.165, 1.54) is 0 Å². The third-order valence-corrected chi connectivity index (χ3v) is 3.75. The van der Waals surface area contributed by atoms with Gasteiger partial charge in [0.05, 0.1) is 30.8 Å². The number of aromatic amines is 1. The van der Waals surface area contributed by atoms with Gasteiger partial charge >= 0.3 is 0 Å². The highest BCUT2D eigenvalue weighted by atomic mass is 16.5. The maximum Gasteiger partial charge on any atom is 0.149 e. The molecule has 5 heteroatoms. The molecule has 0 radical (unpaired) electrons. The van der Waals surface area contributed by atoms with Crippen LogP contribution in [0.2, 0.25) is 0 Å². The minimum Gasteiger partial charge on any atom is -0.497 e. The average molecular weight is 319 g/mol. The van der Waals surface area contributed by atoms with Gasteiger partial charge in [0.1, 0.15) is 23.4 Å². The summed E-state index contributed by atoms with van der Waals surface area (Å²) in [6, 6.07) is 13.6. The Balaban J connectivity index is 2.07. The number of imidazole rings is 1. The first-order valence-electron chi connectivity index (χ1n) is 7.45. The van der Waals surface area contributed by atoms with Crippen molar-refractivity contribution in [3.63, 3.8) is 0 Å². The third kappa shape index (κ3) is 2.95. The van der Waals surface area contributed by atoms with Crippen molar-refractivity contribution >= 4 is 22.7 Å². The van der Waals surface area contributed by atoms with Crippen molar-refractivity contribution in [1.29, 1.82) is 5.26 Å². The predicted molar refractivity (Wildman–Crippen MR) is 93.9 cm³/mol. The Morgan fingerprint density at radius 1 is 1.17 bits per heavy atom. The zero-order chi connectivity index (χ0) is 17.1. The topological polar surface area (TPSA) is 70.9 Å². The van der Waals surface area contributed by atoms with Crippen LogP contribution in [0.3, 0.4) is 0 Å². The summed E-state index contributed by atoms with van der Waals surface area (Å²) >= 11 is 0. The van der Waals surface area contributed by atoms with Crippen molar-refractivity contribution in [2.24, 2.45) is 0 Å². The molecule has 5 nitrogen and oxygen atoms in total. The summed E-state index contributed by atoms with van der Waals surface area (Å²) in [5, 5.41) is 9.54. The molecule has 1 heterocycles. The van der Waals surface area contributed by atoms with Gasteiger partial charge in [0.2, 0.25) is 0 Å². The zero-order valence-corrected chi connectivity index (χ0v) is 13.8. The smallest absolute Gasteiger partial charge is 0.149 e. The number of nitrogens with one attached hydrogen (secondary N) is 1. The molecule has 0 saturated heterocycles. The molecule has 0 spiro atoms. The second-order valence-corrected chi connectivity index (χ2v) is 5.38. The summed E-state index contributed by atoms with van der Waals surface area (Å²) in [5.41, 5.74) is 4.10. The molecule has 0 aliphatic carbocycles. The Morgan fingerprint density at radius 2 is 2.00 bits per heavy atom. The Kier molecular flexibility index (Phi) is 4.21. The van der Waals surface area contributed by atoms with E-state index in [1.54, 1.807) is 26.4 Å². The van der Waals surface area contributed by atoms with Gasteiger partial charge in [-0.05, 0) is 42.8 Å². The lowest BCUT2D eigenvalue weighted by molar-refractivity contribution is 0.394. The summed E-state index contributed by atoms with van der Waals surface area (Å²) in [4.78, 5) is 7.70. The number of hydrogen-bond acceptors (Lipinski definition) is 4. The van der Waals surface area contributed by atoms with Crippen LogP contribution in [-0.2, 0) is 0 Å². The van der Waals surface area contributed by atoms with Crippen molar-refractivity contribution in [2.45, 2.75) is 6.92 Å². The molecule has 24 heavy (non-hydrogen) atoms. The molecule has 0 aliphatic heterocycles. The molecule has 0 fully saturated rings. The average Bonchev–Trinajstić information content (AvgIpc) is 3.02. The Labute approximate surface area is 140 Å². The molecular weight excluding hydrogens is 302 g/mol. The SMILES string of the molecule is COc1ccc(C=C(C#N)c2nc3ccc(C)cc3[nH]2)c(OC)c1. The number of fused-ring (bicyclic) bond motifs is 1. The molecule has 0 aliphatic rings. The standard InChI is InChI=1S/C19H17N3O2/c1-12-4-7-16-17(8-12)22-19(21-16)14(11-20)9-13-5-6-15(23-2)10-18(13)24-3/h4-10H,1-3H3,(H,21,22). The number of allylic oxidation sites excluding steroid dienone is 1. The van der Waals surface area contributed by atoms with Crippen molar-refractivity contribution < 1.29 is 9.47 Å². The summed E-state index contributed by atoms with van der Waals surface area (Å²) < 4.78 is 10.6. The van der Waals surface area contributed by atoms with Gasteiger partial charge in [0.15, 0.2) is 0 Å². The normalized spacial score (nSPS) is 11.3. The largest absolute Gasteiger partial charge is 0.497 e. The fourth-order valence-corrected chi connectivity index (χ4v) is 2.50. The van der Waals surface area contributed by atoms with E-state index in [0.717, 1.165) is 22.2 Å². The lowest BCUT2D eigenvalue weighted by atomic mass is 10.1. The van der Waals surface area contributed by atoms with Gasteiger partial charge in [0.25, 0.3) is 0 Å². The van der Waals surface area contributed by atoms with Crippen LogP contribution in [0.25, 0.3) is 22.7 Å². The molecule has 120 valence electrons. The monoisotopic (exact) mass is 319 g/mol. The van der Waals surface area contributed by atoms with Crippen LogP contribution >= 0.6 is 0 Å². The van der Waals surface area contributed by atoms with E-state index >= 15 is 0 Å².